The molecule has 0 saturated carbocycles. The Labute approximate surface area is 160 Å². The lowest BCUT2D eigenvalue weighted by Gasteiger charge is -2.05. The lowest BCUT2D eigenvalue weighted by molar-refractivity contribution is 0.269. The molecule has 136 valence electrons. The Hall–Kier alpha value is -3.19. The van der Waals surface area contributed by atoms with Crippen molar-refractivity contribution in [3.8, 4) is 28.7 Å². The van der Waals surface area contributed by atoms with E-state index in [4.69, 9.17) is 20.9 Å². The molecular weight excluding hydrogens is 366 g/mol. The number of nitrogens with zero attached hydrogens (tertiary/aromatic N) is 5. The summed E-state index contributed by atoms with van der Waals surface area (Å²) in [7, 11) is 1.86. The second kappa shape index (κ2) is 7.59. The van der Waals surface area contributed by atoms with Gasteiger partial charge in [-0.25, -0.2) is 0 Å². The molecule has 0 unspecified atom stereocenters. The van der Waals surface area contributed by atoms with E-state index in [9.17, 15) is 0 Å². The third-order valence-corrected chi connectivity index (χ3v) is 4.27. The first-order valence-electron chi connectivity index (χ1n) is 8.35. The summed E-state index contributed by atoms with van der Waals surface area (Å²) >= 11 is 6.02. The molecule has 0 radical (unpaired) electrons. The summed E-state index contributed by atoms with van der Waals surface area (Å²) in [5.41, 5.74) is 2.58. The number of rotatable bonds is 6. The zero-order valence-electron chi connectivity index (χ0n) is 14.5. The fourth-order valence-electron chi connectivity index (χ4n) is 2.65. The number of aromatic nitrogens is 5. The highest BCUT2D eigenvalue weighted by Gasteiger charge is 2.12. The summed E-state index contributed by atoms with van der Waals surface area (Å²) in [5, 5.41) is 13.0. The summed E-state index contributed by atoms with van der Waals surface area (Å²) < 4.78 is 12.9. The van der Waals surface area contributed by atoms with Crippen molar-refractivity contribution in [2.45, 2.75) is 6.42 Å². The molecular formula is C19H16ClN5O2. The Morgan fingerprint density at radius 3 is 2.74 bits per heavy atom. The zero-order valence-corrected chi connectivity index (χ0v) is 15.3. The minimum atomic E-state index is 0.395. The van der Waals surface area contributed by atoms with E-state index in [2.05, 4.69) is 20.3 Å². The van der Waals surface area contributed by atoms with Crippen LogP contribution in [0.5, 0.6) is 6.01 Å². The largest absolute Gasteiger partial charge is 0.463 e. The van der Waals surface area contributed by atoms with Crippen LogP contribution in [0.3, 0.4) is 0 Å². The number of benzene rings is 1. The second-order valence-electron chi connectivity index (χ2n) is 5.89. The van der Waals surface area contributed by atoms with Gasteiger partial charge in [0.05, 0.1) is 6.61 Å². The molecule has 0 spiro atoms. The van der Waals surface area contributed by atoms with Gasteiger partial charge >= 0.3 is 6.01 Å². The second-order valence-corrected chi connectivity index (χ2v) is 6.32. The predicted octanol–water partition coefficient (Wildman–Crippen LogP) is 3.81. The third kappa shape index (κ3) is 3.83. The van der Waals surface area contributed by atoms with Crippen LogP contribution in [-0.2, 0) is 13.5 Å². The van der Waals surface area contributed by atoms with Gasteiger partial charge in [-0.05, 0) is 24.3 Å². The van der Waals surface area contributed by atoms with Crippen molar-refractivity contribution >= 4 is 11.6 Å². The van der Waals surface area contributed by atoms with Crippen molar-refractivity contribution in [1.29, 1.82) is 0 Å². The number of hydrogen-bond acceptors (Lipinski definition) is 6. The van der Waals surface area contributed by atoms with E-state index in [-0.39, 0.29) is 0 Å². The van der Waals surface area contributed by atoms with Gasteiger partial charge in [0.15, 0.2) is 5.82 Å². The smallest absolute Gasteiger partial charge is 0.316 e. The van der Waals surface area contributed by atoms with Crippen LogP contribution in [-0.4, -0.2) is 31.5 Å². The van der Waals surface area contributed by atoms with Gasteiger partial charge in [0, 0.05) is 48.1 Å². The topological polar surface area (TPSA) is 78.9 Å². The number of hydrogen-bond donors (Lipinski definition) is 0. The molecule has 7 nitrogen and oxygen atoms in total. The summed E-state index contributed by atoms with van der Waals surface area (Å²) in [5.74, 6) is 1.44. The molecule has 4 rings (SSSR count). The lowest BCUT2D eigenvalue weighted by atomic mass is 10.1. The quantitative estimate of drug-likeness (QED) is 0.505. The number of ether oxygens (including phenoxy) is 1. The van der Waals surface area contributed by atoms with E-state index in [1.807, 2.05) is 49.5 Å². The van der Waals surface area contributed by atoms with Crippen molar-refractivity contribution in [1.82, 2.24) is 24.9 Å². The highest BCUT2D eigenvalue weighted by molar-refractivity contribution is 6.30. The van der Waals surface area contributed by atoms with Crippen LogP contribution < -0.4 is 4.74 Å². The van der Waals surface area contributed by atoms with E-state index in [0.29, 0.717) is 24.1 Å². The minimum absolute atomic E-state index is 0.395. The maximum atomic E-state index is 6.02. The third-order valence-electron chi connectivity index (χ3n) is 4.03. The monoisotopic (exact) mass is 381 g/mol. The average Bonchev–Trinajstić information content (AvgIpc) is 3.30. The van der Waals surface area contributed by atoms with Crippen LogP contribution in [0.15, 0.2) is 59.4 Å². The van der Waals surface area contributed by atoms with Crippen LogP contribution in [0.1, 0.15) is 5.76 Å². The standard InChI is InChI=1S/C19H16ClN5O2/c1-25-18(13-5-8-21-9-6-13)22-23-19(25)26-10-7-16-12-17(24-27-16)14-3-2-4-15(20)11-14/h2-6,8-9,11-12H,7,10H2,1H3. The van der Waals surface area contributed by atoms with E-state index in [1.165, 1.54) is 0 Å². The van der Waals surface area contributed by atoms with Crippen LogP contribution >= 0.6 is 11.6 Å². The fraction of sp³-hybridized carbons (Fsp3) is 0.158. The normalized spacial score (nSPS) is 10.9. The molecule has 0 aliphatic carbocycles. The van der Waals surface area contributed by atoms with Gasteiger partial charge in [0.2, 0.25) is 0 Å². The van der Waals surface area contributed by atoms with Gasteiger partial charge < -0.3 is 9.26 Å². The van der Waals surface area contributed by atoms with Crippen LogP contribution in [0.2, 0.25) is 5.02 Å². The van der Waals surface area contributed by atoms with Crippen LogP contribution in [0.4, 0.5) is 0 Å². The summed E-state index contributed by atoms with van der Waals surface area (Å²) in [6.45, 7) is 0.395. The minimum Gasteiger partial charge on any atom is -0.463 e. The molecule has 8 heteroatoms. The Kier molecular flexibility index (Phi) is 4.84. The van der Waals surface area contributed by atoms with Crippen molar-refractivity contribution in [3.63, 3.8) is 0 Å². The highest BCUT2D eigenvalue weighted by Crippen LogP contribution is 2.23. The number of pyridine rings is 1. The Bertz CT molecular complexity index is 1050. The van der Waals surface area contributed by atoms with E-state index >= 15 is 0 Å². The zero-order chi connectivity index (χ0) is 18.6. The molecule has 3 aromatic heterocycles. The van der Waals surface area contributed by atoms with Gasteiger partial charge in [-0.1, -0.05) is 34.0 Å². The van der Waals surface area contributed by atoms with Gasteiger partial charge in [-0.3, -0.25) is 9.55 Å². The van der Waals surface area contributed by atoms with E-state index in [1.54, 1.807) is 17.0 Å². The molecule has 0 aliphatic heterocycles. The molecule has 27 heavy (non-hydrogen) atoms. The first kappa shape index (κ1) is 17.2. The van der Waals surface area contributed by atoms with Gasteiger partial charge in [0.25, 0.3) is 0 Å². The maximum Gasteiger partial charge on any atom is 0.316 e. The van der Waals surface area contributed by atoms with E-state index in [0.717, 1.165) is 28.4 Å². The van der Waals surface area contributed by atoms with Crippen molar-refractivity contribution in [2.24, 2.45) is 7.05 Å². The SMILES string of the molecule is Cn1c(OCCc2cc(-c3cccc(Cl)c3)no2)nnc1-c1ccncc1. The van der Waals surface area contributed by atoms with Crippen molar-refractivity contribution in [2.75, 3.05) is 6.61 Å². The molecule has 0 saturated heterocycles. The Balaban J connectivity index is 1.39. The van der Waals surface area contributed by atoms with Crippen molar-refractivity contribution < 1.29 is 9.26 Å². The summed E-state index contributed by atoms with van der Waals surface area (Å²) in [6.07, 6.45) is 3.99. The summed E-state index contributed by atoms with van der Waals surface area (Å²) in [6, 6.07) is 13.6. The number of halogens is 1. The summed E-state index contributed by atoms with van der Waals surface area (Å²) in [4.78, 5) is 4.01. The average molecular weight is 382 g/mol. The maximum absolute atomic E-state index is 6.02. The molecule has 0 aliphatic rings. The van der Waals surface area contributed by atoms with Crippen molar-refractivity contribution in [3.05, 3.63) is 65.6 Å². The fourth-order valence-corrected chi connectivity index (χ4v) is 2.84. The molecule has 0 N–H and O–H groups in total. The first-order chi connectivity index (χ1) is 13.2. The molecule has 0 bridgehead atoms. The highest BCUT2D eigenvalue weighted by atomic mass is 35.5. The molecule has 4 aromatic rings. The van der Waals surface area contributed by atoms with Gasteiger partial charge in [0.1, 0.15) is 11.5 Å². The van der Waals surface area contributed by atoms with E-state index < -0.39 is 0 Å². The van der Waals surface area contributed by atoms with Crippen LogP contribution in [0.25, 0.3) is 22.6 Å². The lowest BCUT2D eigenvalue weighted by Crippen LogP contribution is -2.05. The molecule has 1 aromatic carbocycles. The predicted molar refractivity (Wildman–Crippen MR) is 100 cm³/mol. The Morgan fingerprint density at radius 1 is 1.07 bits per heavy atom. The molecule has 0 amide bonds. The van der Waals surface area contributed by atoms with Crippen LogP contribution in [0, 0.1) is 0 Å². The molecule has 0 atom stereocenters. The van der Waals surface area contributed by atoms with Gasteiger partial charge in [-0.2, -0.15) is 0 Å². The molecule has 3 heterocycles. The molecule has 0 fully saturated rings. The Morgan fingerprint density at radius 2 is 1.93 bits per heavy atom. The first-order valence-corrected chi connectivity index (χ1v) is 8.72. The van der Waals surface area contributed by atoms with Gasteiger partial charge in [-0.15, -0.1) is 5.10 Å².